The lowest BCUT2D eigenvalue weighted by atomic mass is 10.3. The van der Waals surface area contributed by atoms with E-state index in [4.69, 9.17) is 16.3 Å². The quantitative estimate of drug-likeness (QED) is 0.881. The van der Waals surface area contributed by atoms with Crippen LogP contribution in [-0.2, 0) is 4.79 Å². The zero-order valence-corrected chi connectivity index (χ0v) is 12.4. The van der Waals surface area contributed by atoms with Crippen molar-refractivity contribution in [1.82, 2.24) is 0 Å². The van der Waals surface area contributed by atoms with Crippen LogP contribution < -0.4 is 15.4 Å². The van der Waals surface area contributed by atoms with E-state index >= 15 is 0 Å². The largest absolute Gasteiger partial charge is 0.495 e. The Kier molecular flexibility index (Phi) is 5.16. The normalized spacial score (nSPS) is 10.2. The first-order valence-electron chi connectivity index (χ1n) is 6.32. The van der Waals surface area contributed by atoms with Crippen LogP contribution in [0.1, 0.15) is 0 Å². The highest BCUT2D eigenvalue weighted by molar-refractivity contribution is 6.32. The molecule has 0 aliphatic heterocycles. The average Bonchev–Trinajstić information content (AvgIpc) is 2.48. The van der Waals surface area contributed by atoms with E-state index in [1.165, 1.54) is 7.11 Å². The Hall–Kier alpha value is -2.34. The summed E-state index contributed by atoms with van der Waals surface area (Å²) in [6, 6.07) is 7.87. The third-order valence-electron chi connectivity index (χ3n) is 2.81. The lowest BCUT2D eigenvalue weighted by Crippen LogP contribution is -2.22. The number of carbonyl (C=O) groups is 1. The predicted molar refractivity (Wildman–Crippen MR) is 81.5 cm³/mol. The number of anilines is 2. The van der Waals surface area contributed by atoms with Crippen molar-refractivity contribution < 1.29 is 18.3 Å². The number of ether oxygens (including phenoxy) is 1. The number of hydrogen-bond donors (Lipinski definition) is 2. The molecule has 0 aromatic heterocycles. The summed E-state index contributed by atoms with van der Waals surface area (Å²) in [5.41, 5.74) is 0.529. The van der Waals surface area contributed by atoms with E-state index in [2.05, 4.69) is 10.6 Å². The molecule has 116 valence electrons. The Morgan fingerprint density at radius 2 is 2.00 bits per heavy atom. The minimum Gasteiger partial charge on any atom is -0.495 e. The predicted octanol–water partition coefficient (Wildman–Crippen LogP) is 3.68. The van der Waals surface area contributed by atoms with Crippen molar-refractivity contribution >= 4 is 28.9 Å². The molecule has 0 spiro atoms. The van der Waals surface area contributed by atoms with Gasteiger partial charge >= 0.3 is 0 Å². The molecule has 0 saturated carbocycles. The van der Waals surface area contributed by atoms with Gasteiger partial charge in [-0.05, 0) is 30.3 Å². The Morgan fingerprint density at radius 1 is 1.23 bits per heavy atom. The molecule has 0 saturated heterocycles. The van der Waals surface area contributed by atoms with Gasteiger partial charge in [0.15, 0.2) is 0 Å². The fraction of sp³-hybridized carbons (Fsp3) is 0.133. The van der Waals surface area contributed by atoms with E-state index in [1.807, 2.05) is 0 Å². The van der Waals surface area contributed by atoms with Gasteiger partial charge in [0, 0.05) is 11.8 Å². The third-order valence-corrected chi connectivity index (χ3v) is 3.11. The first kappa shape index (κ1) is 16.0. The lowest BCUT2D eigenvalue weighted by Gasteiger charge is -2.10. The third kappa shape index (κ3) is 4.08. The van der Waals surface area contributed by atoms with Crippen molar-refractivity contribution in [2.45, 2.75) is 0 Å². The zero-order chi connectivity index (χ0) is 16.1. The monoisotopic (exact) mass is 326 g/mol. The number of benzene rings is 2. The number of halogens is 3. The van der Waals surface area contributed by atoms with Crippen LogP contribution in [-0.4, -0.2) is 19.6 Å². The molecule has 7 heteroatoms. The molecule has 0 unspecified atom stereocenters. The molecule has 2 rings (SSSR count). The lowest BCUT2D eigenvalue weighted by molar-refractivity contribution is -0.114. The topological polar surface area (TPSA) is 50.4 Å². The van der Waals surface area contributed by atoms with Crippen molar-refractivity contribution in [3.63, 3.8) is 0 Å². The molecule has 0 heterocycles. The summed E-state index contributed by atoms with van der Waals surface area (Å²) in [5, 5.41) is 5.58. The summed E-state index contributed by atoms with van der Waals surface area (Å²) in [4.78, 5) is 11.7. The van der Waals surface area contributed by atoms with Crippen LogP contribution >= 0.6 is 11.6 Å². The van der Waals surface area contributed by atoms with Crippen LogP contribution in [0.5, 0.6) is 5.75 Å². The molecule has 0 radical (unpaired) electrons. The molecule has 0 fully saturated rings. The number of nitrogens with one attached hydrogen (secondary N) is 2. The van der Waals surface area contributed by atoms with Gasteiger partial charge in [0.25, 0.3) is 0 Å². The van der Waals surface area contributed by atoms with E-state index in [0.717, 1.165) is 12.1 Å². The summed E-state index contributed by atoms with van der Waals surface area (Å²) >= 11 is 5.96. The molecule has 0 aliphatic carbocycles. The molecular formula is C15H13ClF2N2O2. The summed E-state index contributed by atoms with van der Waals surface area (Å²) in [7, 11) is 1.50. The number of methoxy groups -OCH3 is 1. The maximum atomic E-state index is 13.4. The maximum Gasteiger partial charge on any atom is 0.243 e. The van der Waals surface area contributed by atoms with E-state index in [1.54, 1.807) is 18.2 Å². The van der Waals surface area contributed by atoms with Gasteiger partial charge in [-0.1, -0.05) is 11.6 Å². The molecule has 22 heavy (non-hydrogen) atoms. The smallest absolute Gasteiger partial charge is 0.243 e. The second kappa shape index (κ2) is 7.09. The van der Waals surface area contributed by atoms with Gasteiger partial charge in [0.05, 0.1) is 24.4 Å². The van der Waals surface area contributed by atoms with Gasteiger partial charge in [0.2, 0.25) is 5.91 Å². The van der Waals surface area contributed by atoms with E-state index < -0.39 is 17.5 Å². The molecule has 0 aliphatic rings. The van der Waals surface area contributed by atoms with Crippen molar-refractivity contribution in [3.8, 4) is 5.75 Å². The highest BCUT2D eigenvalue weighted by Gasteiger charge is 2.08. The van der Waals surface area contributed by atoms with Crippen LogP contribution in [0, 0.1) is 11.6 Å². The van der Waals surface area contributed by atoms with Crippen LogP contribution in [0.15, 0.2) is 36.4 Å². The second-order valence-electron chi connectivity index (χ2n) is 4.38. The van der Waals surface area contributed by atoms with Gasteiger partial charge in [-0.2, -0.15) is 0 Å². The molecule has 2 N–H and O–H groups in total. The summed E-state index contributed by atoms with van der Waals surface area (Å²) in [6.07, 6.45) is 0. The van der Waals surface area contributed by atoms with Crippen LogP contribution in [0.25, 0.3) is 0 Å². The maximum absolute atomic E-state index is 13.4. The van der Waals surface area contributed by atoms with Crippen LogP contribution in [0.4, 0.5) is 20.2 Å². The molecule has 4 nitrogen and oxygen atoms in total. The Morgan fingerprint density at radius 3 is 2.64 bits per heavy atom. The highest BCUT2D eigenvalue weighted by atomic mass is 35.5. The van der Waals surface area contributed by atoms with Gasteiger partial charge < -0.3 is 15.4 Å². The number of amides is 1. The van der Waals surface area contributed by atoms with Gasteiger partial charge in [-0.15, -0.1) is 0 Å². The Bertz CT molecular complexity index is 695. The minimum atomic E-state index is -0.833. The summed E-state index contributed by atoms with van der Waals surface area (Å²) < 4.78 is 31.2. The number of carbonyl (C=O) groups excluding carboxylic acids is 1. The Labute approximate surface area is 131 Å². The van der Waals surface area contributed by atoms with E-state index in [0.29, 0.717) is 22.5 Å². The summed E-state index contributed by atoms with van der Waals surface area (Å²) in [6.45, 7) is -0.0977. The van der Waals surface area contributed by atoms with Gasteiger partial charge in [0.1, 0.15) is 17.4 Å². The SMILES string of the molecule is COc1ccc(NCC(=O)Nc2ccc(F)cc2F)cc1Cl. The van der Waals surface area contributed by atoms with Crippen molar-refractivity contribution in [2.24, 2.45) is 0 Å². The minimum absolute atomic E-state index is 0.0824. The fourth-order valence-corrected chi connectivity index (χ4v) is 2.00. The van der Waals surface area contributed by atoms with Crippen LogP contribution in [0.2, 0.25) is 5.02 Å². The Balaban J connectivity index is 1.94. The molecule has 0 atom stereocenters. The molecular weight excluding hydrogens is 314 g/mol. The van der Waals surface area contributed by atoms with E-state index in [-0.39, 0.29) is 12.2 Å². The fourth-order valence-electron chi connectivity index (χ4n) is 1.74. The second-order valence-corrected chi connectivity index (χ2v) is 4.78. The van der Waals surface area contributed by atoms with Crippen molar-refractivity contribution in [1.29, 1.82) is 0 Å². The van der Waals surface area contributed by atoms with Crippen molar-refractivity contribution in [3.05, 3.63) is 53.1 Å². The molecule has 2 aromatic carbocycles. The molecule has 2 aromatic rings. The van der Waals surface area contributed by atoms with Gasteiger partial charge in [-0.3, -0.25) is 4.79 Å². The van der Waals surface area contributed by atoms with Crippen molar-refractivity contribution in [2.75, 3.05) is 24.3 Å². The first-order chi connectivity index (χ1) is 10.5. The van der Waals surface area contributed by atoms with Crippen LogP contribution in [0.3, 0.4) is 0 Å². The average molecular weight is 327 g/mol. The number of rotatable bonds is 5. The first-order valence-corrected chi connectivity index (χ1v) is 6.69. The summed E-state index contributed by atoms with van der Waals surface area (Å²) in [5.74, 6) is -1.50. The van der Waals surface area contributed by atoms with E-state index in [9.17, 15) is 13.6 Å². The number of hydrogen-bond acceptors (Lipinski definition) is 3. The molecule has 1 amide bonds. The van der Waals surface area contributed by atoms with Gasteiger partial charge in [-0.25, -0.2) is 8.78 Å². The zero-order valence-electron chi connectivity index (χ0n) is 11.6. The molecule has 0 bridgehead atoms. The standard InChI is InChI=1S/C15H13ClF2N2O2/c1-22-14-5-3-10(7-11(14)16)19-8-15(21)20-13-4-2-9(17)6-12(13)18/h2-7,19H,8H2,1H3,(H,20,21). The highest BCUT2D eigenvalue weighted by Crippen LogP contribution is 2.27.